The van der Waals surface area contributed by atoms with Crippen LogP contribution in [0, 0.1) is 16.7 Å². The van der Waals surface area contributed by atoms with Crippen molar-refractivity contribution in [3.63, 3.8) is 0 Å². The third-order valence-corrected chi connectivity index (χ3v) is 3.87. The van der Waals surface area contributed by atoms with Crippen LogP contribution in [-0.2, 0) is 24.2 Å². The summed E-state index contributed by atoms with van der Waals surface area (Å²) < 4.78 is 27.7. The summed E-state index contributed by atoms with van der Waals surface area (Å²) in [4.78, 5) is 17.7. The van der Waals surface area contributed by atoms with Gasteiger partial charge in [-0.15, -0.1) is 0 Å². The van der Waals surface area contributed by atoms with Gasteiger partial charge in [-0.3, -0.25) is 10.2 Å². The van der Waals surface area contributed by atoms with Crippen LogP contribution in [0.25, 0.3) is 0 Å². The summed E-state index contributed by atoms with van der Waals surface area (Å²) >= 11 is 0. The van der Waals surface area contributed by atoms with Gasteiger partial charge in [-0.1, -0.05) is 0 Å². The number of nitriles is 1. The van der Waals surface area contributed by atoms with Crippen LogP contribution >= 0.6 is 0 Å². The van der Waals surface area contributed by atoms with Gasteiger partial charge >= 0.3 is 0 Å². The van der Waals surface area contributed by atoms with Gasteiger partial charge in [0.25, 0.3) is 5.91 Å². The first-order chi connectivity index (χ1) is 11.6. The Morgan fingerprint density at radius 1 is 1.44 bits per heavy atom. The minimum absolute atomic E-state index is 0.175. The molecule has 0 fully saturated rings. The fraction of sp³-hybridized carbons (Fsp3) is 0.786. The second-order valence-corrected chi connectivity index (χ2v) is 7.88. The van der Waals surface area contributed by atoms with E-state index in [-0.39, 0.29) is 19.6 Å². The molecule has 11 heteroatoms. The van der Waals surface area contributed by atoms with E-state index in [4.69, 9.17) is 26.0 Å². The number of hydrogen-bond acceptors (Lipinski definition) is 8. The Morgan fingerprint density at radius 2 is 2.08 bits per heavy atom. The van der Waals surface area contributed by atoms with Gasteiger partial charge in [-0.2, -0.15) is 5.26 Å². The number of amides is 1. The number of hydrogen-bond donors (Lipinski definition) is 3. The summed E-state index contributed by atoms with van der Waals surface area (Å²) in [7, 11) is -2.23. The molecule has 0 rings (SSSR count). The number of rotatable bonds is 12. The number of amidine groups is 1. The lowest BCUT2D eigenvalue weighted by Gasteiger charge is -2.31. The quantitative estimate of drug-likeness (QED) is 0.138. The van der Waals surface area contributed by atoms with E-state index in [0.717, 1.165) is 6.26 Å². The van der Waals surface area contributed by atoms with Crippen molar-refractivity contribution >= 4 is 21.6 Å². The number of nitrogens with one attached hydrogen (secondary N) is 2. The number of ether oxygens (including phenoxy) is 1. The Kier molecular flexibility index (Phi) is 10.2. The van der Waals surface area contributed by atoms with Gasteiger partial charge in [0.05, 0.1) is 18.3 Å². The molecule has 1 unspecified atom stereocenters. The molecule has 0 aromatic carbocycles. The van der Waals surface area contributed by atoms with E-state index in [1.807, 2.05) is 6.07 Å². The van der Waals surface area contributed by atoms with Crippen LogP contribution < -0.4 is 11.1 Å². The van der Waals surface area contributed by atoms with Crippen LogP contribution in [0.5, 0.6) is 0 Å². The Balaban J connectivity index is 5.04. The largest absolute Gasteiger partial charge is 0.374 e. The van der Waals surface area contributed by atoms with Gasteiger partial charge in [0.2, 0.25) is 0 Å². The zero-order chi connectivity index (χ0) is 19.5. The van der Waals surface area contributed by atoms with Gasteiger partial charge < -0.3 is 15.8 Å². The number of sulfone groups is 1. The highest BCUT2D eigenvalue weighted by Gasteiger charge is 2.39. The molecule has 0 aliphatic carbocycles. The maximum atomic E-state index is 12.7. The van der Waals surface area contributed by atoms with E-state index in [0.29, 0.717) is 30.3 Å². The van der Waals surface area contributed by atoms with Crippen molar-refractivity contribution < 1.29 is 22.8 Å². The summed E-state index contributed by atoms with van der Waals surface area (Å²) in [6.07, 6.45) is 2.01. The standard InChI is InChI=1S/C14H27N5O5S/c1-12(16)18-9-5-4-6-14(17,7-8-15)13(20)19(24-11-23-2)10-25(3,21)22/h4-7,9-11,17H2,1-3H3,(H2,16,18). The lowest BCUT2D eigenvalue weighted by molar-refractivity contribution is -0.217. The molecule has 4 N–H and O–H groups in total. The fourth-order valence-electron chi connectivity index (χ4n) is 1.99. The highest BCUT2D eigenvalue weighted by atomic mass is 32.2. The normalized spacial score (nSPS) is 13.6. The van der Waals surface area contributed by atoms with Crippen LogP contribution in [0.4, 0.5) is 0 Å². The lowest BCUT2D eigenvalue weighted by Crippen LogP contribution is -2.56. The molecule has 144 valence electrons. The maximum Gasteiger partial charge on any atom is 0.268 e. The van der Waals surface area contributed by atoms with E-state index in [9.17, 15) is 13.2 Å². The van der Waals surface area contributed by atoms with Crippen LogP contribution in [0.2, 0.25) is 0 Å². The van der Waals surface area contributed by atoms with E-state index in [2.05, 4.69) is 5.32 Å². The zero-order valence-electron chi connectivity index (χ0n) is 14.9. The van der Waals surface area contributed by atoms with Crippen LogP contribution in [0.1, 0.15) is 32.6 Å². The number of nitrogens with two attached hydrogens (primary N) is 1. The minimum atomic E-state index is -3.56. The first-order valence-electron chi connectivity index (χ1n) is 7.62. The van der Waals surface area contributed by atoms with Crippen molar-refractivity contribution in [1.82, 2.24) is 10.4 Å². The average Bonchev–Trinajstić information content (AvgIpc) is 2.49. The number of hydroxylamine groups is 2. The number of carbonyl (C=O) groups is 1. The average molecular weight is 377 g/mol. The molecule has 0 radical (unpaired) electrons. The molecule has 10 nitrogen and oxygen atoms in total. The highest BCUT2D eigenvalue weighted by Crippen LogP contribution is 2.19. The first kappa shape index (κ1) is 23.3. The number of carbonyl (C=O) groups excluding carboxylic acids is 1. The molecule has 0 aromatic heterocycles. The Morgan fingerprint density at radius 3 is 2.56 bits per heavy atom. The van der Waals surface area contributed by atoms with Crippen LogP contribution in [-0.4, -0.2) is 63.3 Å². The van der Waals surface area contributed by atoms with Gasteiger partial charge in [0, 0.05) is 19.9 Å². The molecule has 0 aliphatic heterocycles. The van der Waals surface area contributed by atoms with Gasteiger partial charge in [0.15, 0.2) is 22.5 Å². The topological polar surface area (TPSA) is 159 Å². The number of unbranched alkanes of at least 4 members (excludes halogenated alkanes) is 1. The third kappa shape index (κ3) is 9.98. The van der Waals surface area contributed by atoms with E-state index in [1.54, 1.807) is 6.92 Å². The molecule has 25 heavy (non-hydrogen) atoms. The SMILES string of the molecule is COCON(CS(C)(=O)=O)C(=O)C(N)(CC#N)CCCCNC(C)=N. The Labute approximate surface area is 148 Å². The van der Waals surface area contributed by atoms with Crippen molar-refractivity contribution in [3.8, 4) is 6.07 Å². The molecule has 0 aliphatic rings. The van der Waals surface area contributed by atoms with E-state index >= 15 is 0 Å². The molecule has 0 bridgehead atoms. The molecule has 0 spiro atoms. The fourth-order valence-corrected chi connectivity index (χ4v) is 2.60. The number of methoxy groups -OCH3 is 1. The summed E-state index contributed by atoms with van der Waals surface area (Å²) in [6, 6.07) is 1.86. The van der Waals surface area contributed by atoms with Crippen molar-refractivity contribution in [2.24, 2.45) is 5.73 Å². The smallest absolute Gasteiger partial charge is 0.268 e. The summed E-state index contributed by atoms with van der Waals surface area (Å²) in [5.74, 6) is -1.14. The predicted molar refractivity (Wildman–Crippen MR) is 91.9 cm³/mol. The second-order valence-electron chi connectivity index (χ2n) is 5.77. The lowest BCUT2D eigenvalue weighted by atomic mass is 9.89. The second kappa shape index (κ2) is 11.0. The molecule has 0 saturated heterocycles. The summed E-state index contributed by atoms with van der Waals surface area (Å²) in [5, 5.41) is 19.7. The van der Waals surface area contributed by atoms with E-state index in [1.165, 1.54) is 7.11 Å². The van der Waals surface area contributed by atoms with Crippen LogP contribution in [0.3, 0.4) is 0 Å². The third-order valence-electron chi connectivity index (χ3n) is 3.16. The molecular formula is C14H27N5O5S. The summed E-state index contributed by atoms with van der Waals surface area (Å²) in [6.45, 7) is 1.83. The molecule has 0 saturated carbocycles. The Hall–Kier alpha value is -1.74. The molecule has 0 heterocycles. The van der Waals surface area contributed by atoms with Crippen molar-refractivity contribution in [2.75, 3.05) is 32.6 Å². The highest BCUT2D eigenvalue weighted by molar-refractivity contribution is 7.90. The van der Waals surface area contributed by atoms with Crippen LogP contribution in [0.15, 0.2) is 0 Å². The summed E-state index contributed by atoms with van der Waals surface area (Å²) in [5.41, 5.74) is 4.53. The van der Waals surface area contributed by atoms with Gasteiger partial charge in [0.1, 0.15) is 5.54 Å². The molecular weight excluding hydrogens is 350 g/mol. The molecule has 1 amide bonds. The van der Waals surface area contributed by atoms with Gasteiger partial charge in [-0.05, 0) is 26.2 Å². The van der Waals surface area contributed by atoms with E-state index < -0.39 is 27.2 Å². The minimum Gasteiger partial charge on any atom is -0.374 e. The van der Waals surface area contributed by atoms with Gasteiger partial charge in [-0.25, -0.2) is 18.3 Å². The predicted octanol–water partition coefficient (Wildman–Crippen LogP) is -0.279. The maximum absolute atomic E-state index is 12.7. The zero-order valence-corrected chi connectivity index (χ0v) is 15.7. The first-order valence-corrected chi connectivity index (χ1v) is 9.68. The van der Waals surface area contributed by atoms with Crippen molar-refractivity contribution in [2.45, 2.75) is 38.1 Å². The number of nitrogens with zero attached hydrogens (tertiary/aromatic N) is 2. The van der Waals surface area contributed by atoms with Crippen molar-refractivity contribution in [3.05, 3.63) is 0 Å². The van der Waals surface area contributed by atoms with Crippen molar-refractivity contribution in [1.29, 1.82) is 10.7 Å². The molecule has 0 aromatic rings. The monoisotopic (exact) mass is 377 g/mol. The molecule has 1 atom stereocenters. The Bertz CT molecular complexity index is 589.